The number of piperazine rings is 1. The lowest BCUT2D eigenvalue weighted by molar-refractivity contribution is -0.130. The molecular weight excluding hydrogens is 320 g/mol. The van der Waals surface area contributed by atoms with Crippen molar-refractivity contribution < 1.29 is 14.1 Å². The Morgan fingerprint density at radius 3 is 2.60 bits per heavy atom. The van der Waals surface area contributed by atoms with Crippen LogP contribution in [-0.2, 0) is 11.3 Å². The van der Waals surface area contributed by atoms with Crippen LogP contribution in [0.2, 0.25) is 0 Å². The molecule has 0 bridgehead atoms. The minimum atomic E-state index is -0.288. The minimum Gasteiger partial charge on any atom is -0.361 e. The van der Waals surface area contributed by atoms with Crippen molar-refractivity contribution in [3.63, 3.8) is 0 Å². The van der Waals surface area contributed by atoms with Crippen molar-refractivity contribution in [3.8, 4) is 0 Å². The first-order chi connectivity index (χ1) is 12.0. The highest BCUT2D eigenvalue weighted by molar-refractivity contribution is 6.02. The quantitative estimate of drug-likeness (QED) is 0.918. The molecule has 1 aromatic carbocycles. The summed E-state index contributed by atoms with van der Waals surface area (Å²) in [6.45, 7) is 7.38. The number of carbonyl (C=O) groups excluding carboxylic acids is 2. The third-order valence-electron chi connectivity index (χ3n) is 4.27. The van der Waals surface area contributed by atoms with Crippen LogP contribution in [0.3, 0.4) is 0 Å². The summed E-state index contributed by atoms with van der Waals surface area (Å²) >= 11 is 0. The highest BCUT2D eigenvalue weighted by atomic mass is 16.5. The number of carbonyl (C=O) groups is 2. The number of hydrogen-bond donors (Lipinski definition) is 1. The molecule has 0 unspecified atom stereocenters. The summed E-state index contributed by atoms with van der Waals surface area (Å²) in [4.78, 5) is 27.7. The number of anilines is 1. The van der Waals surface area contributed by atoms with Gasteiger partial charge in [0.05, 0.1) is 0 Å². The maximum absolute atomic E-state index is 12.1. The number of benzene rings is 1. The summed E-state index contributed by atoms with van der Waals surface area (Å²) in [7, 11) is 0. The summed E-state index contributed by atoms with van der Waals surface area (Å²) in [6, 6.07) is 9.37. The standard InChI is InChI=1S/C18H22N4O3/c1-13-10-17(20-25-13)18(24)19-16-5-3-4-15(11-16)12-21-6-8-22(9-7-21)14(2)23/h3-5,10-11H,6-9,12H2,1-2H3,(H,19,24). The van der Waals surface area contributed by atoms with Crippen molar-refractivity contribution in [2.75, 3.05) is 31.5 Å². The number of nitrogens with zero attached hydrogens (tertiary/aromatic N) is 3. The van der Waals surface area contributed by atoms with Gasteiger partial charge in [0.15, 0.2) is 5.69 Å². The van der Waals surface area contributed by atoms with Gasteiger partial charge < -0.3 is 14.7 Å². The molecule has 0 spiro atoms. The highest BCUT2D eigenvalue weighted by Gasteiger charge is 2.18. The third-order valence-corrected chi connectivity index (χ3v) is 4.27. The van der Waals surface area contributed by atoms with Gasteiger partial charge in [0.1, 0.15) is 5.76 Å². The smallest absolute Gasteiger partial charge is 0.277 e. The van der Waals surface area contributed by atoms with Gasteiger partial charge >= 0.3 is 0 Å². The Labute approximate surface area is 146 Å². The predicted octanol–water partition coefficient (Wildman–Crippen LogP) is 1.90. The molecule has 7 nitrogen and oxygen atoms in total. The normalized spacial score (nSPS) is 15.2. The van der Waals surface area contributed by atoms with E-state index in [-0.39, 0.29) is 17.5 Å². The zero-order chi connectivity index (χ0) is 17.8. The lowest BCUT2D eigenvalue weighted by Gasteiger charge is -2.34. The van der Waals surface area contributed by atoms with Crippen molar-refractivity contribution in [1.82, 2.24) is 15.0 Å². The molecule has 2 aromatic rings. The summed E-state index contributed by atoms with van der Waals surface area (Å²) in [5.41, 5.74) is 2.11. The third kappa shape index (κ3) is 4.45. The van der Waals surface area contributed by atoms with E-state index in [1.807, 2.05) is 29.2 Å². The molecule has 0 saturated carbocycles. The Bertz CT molecular complexity index is 763. The van der Waals surface area contributed by atoms with Crippen molar-refractivity contribution in [3.05, 3.63) is 47.3 Å². The lowest BCUT2D eigenvalue weighted by Crippen LogP contribution is -2.47. The van der Waals surface area contributed by atoms with Crippen LogP contribution in [0.25, 0.3) is 0 Å². The van der Waals surface area contributed by atoms with Crippen LogP contribution in [-0.4, -0.2) is 52.9 Å². The second kappa shape index (κ2) is 7.48. The van der Waals surface area contributed by atoms with E-state index in [2.05, 4.69) is 15.4 Å². The van der Waals surface area contributed by atoms with E-state index in [1.54, 1.807) is 19.9 Å². The second-order valence-electron chi connectivity index (χ2n) is 6.26. The zero-order valence-corrected chi connectivity index (χ0v) is 14.5. The maximum Gasteiger partial charge on any atom is 0.277 e. The lowest BCUT2D eigenvalue weighted by atomic mass is 10.1. The van der Waals surface area contributed by atoms with Gasteiger partial charge in [-0.15, -0.1) is 0 Å². The molecule has 1 aliphatic rings. The van der Waals surface area contributed by atoms with Crippen molar-refractivity contribution in [2.24, 2.45) is 0 Å². The number of nitrogens with one attached hydrogen (secondary N) is 1. The molecule has 1 aromatic heterocycles. The SMILES string of the molecule is CC(=O)N1CCN(Cc2cccc(NC(=O)c3cc(C)on3)c2)CC1. The molecule has 7 heteroatoms. The van der Waals surface area contributed by atoms with E-state index < -0.39 is 0 Å². The molecule has 0 atom stereocenters. The van der Waals surface area contributed by atoms with Gasteiger partial charge in [-0.3, -0.25) is 14.5 Å². The first kappa shape index (κ1) is 17.2. The van der Waals surface area contributed by atoms with Crippen LogP contribution in [0.4, 0.5) is 5.69 Å². The van der Waals surface area contributed by atoms with E-state index in [0.717, 1.165) is 44.0 Å². The van der Waals surface area contributed by atoms with E-state index in [4.69, 9.17) is 4.52 Å². The van der Waals surface area contributed by atoms with Gasteiger partial charge in [0, 0.05) is 51.4 Å². The van der Waals surface area contributed by atoms with Crippen LogP contribution in [0.5, 0.6) is 0 Å². The van der Waals surface area contributed by atoms with Crippen LogP contribution in [0.15, 0.2) is 34.9 Å². The topological polar surface area (TPSA) is 78.7 Å². The first-order valence-corrected chi connectivity index (χ1v) is 8.33. The number of hydrogen-bond acceptors (Lipinski definition) is 5. The molecule has 2 heterocycles. The monoisotopic (exact) mass is 342 g/mol. The molecule has 0 aliphatic carbocycles. The van der Waals surface area contributed by atoms with E-state index in [9.17, 15) is 9.59 Å². The molecule has 1 fully saturated rings. The van der Waals surface area contributed by atoms with Crippen LogP contribution in [0.1, 0.15) is 28.7 Å². The summed E-state index contributed by atoms with van der Waals surface area (Å²) < 4.78 is 4.93. The maximum atomic E-state index is 12.1. The molecule has 25 heavy (non-hydrogen) atoms. The summed E-state index contributed by atoms with van der Waals surface area (Å²) in [5.74, 6) is 0.445. The first-order valence-electron chi connectivity index (χ1n) is 8.33. The van der Waals surface area contributed by atoms with Crippen LogP contribution in [0, 0.1) is 6.92 Å². The summed E-state index contributed by atoms with van der Waals surface area (Å²) in [6.07, 6.45) is 0. The molecule has 2 amide bonds. The van der Waals surface area contributed by atoms with Gasteiger partial charge in [-0.25, -0.2) is 0 Å². The van der Waals surface area contributed by atoms with E-state index in [1.165, 1.54) is 0 Å². The highest BCUT2D eigenvalue weighted by Crippen LogP contribution is 2.15. The fourth-order valence-corrected chi connectivity index (χ4v) is 2.90. The number of rotatable bonds is 4. The number of aromatic nitrogens is 1. The molecular formula is C18H22N4O3. The average Bonchev–Trinajstić information content (AvgIpc) is 3.02. The van der Waals surface area contributed by atoms with Gasteiger partial charge in [-0.2, -0.15) is 0 Å². The van der Waals surface area contributed by atoms with Gasteiger partial charge in [-0.05, 0) is 24.6 Å². The van der Waals surface area contributed by atoms with Crippen molar-refractivity contribution >= 4 is 17.5 Å². The molecule has 132 valence electrons. The molecule has 0 radical (unpaired) electrons. The Morgan fingerprint density at radius 1 is 1.20 bits per heavy atom. The average molecular weight is 342 g/mol. The van der Waals surface area contributed by atoms with E-state index in [0.29, 0.717) is 5.76 Å². The molecule has 1 N–H and O–H groups in total. The Balaban J connectivity index is 1.58. The van der Waals surface area contributed by atoms with Gasteiger partial charge in [0.25, 0.3) is 5.91 Å². The molecule has 1 saturated heterocycles. The Kier molecular flexibility index (Phi) is 5.14. The Hall–Kier alpha value is -2.67. The van der Waals surface area contributed by atoms with Crippen LogP contribution >= 0.6 is 0 Å². The largest absolute Gasteiger partial charge is 0.361 e. The van der Waals surface area contributed by atoms with Gasteiger partial charge in [0.2, 0.25) is 5.91 Å². The number of amides is 2. The van der Waals surface area contributed by atoms with Gasteiger partial charge in [-0.1, -0.05) is 17.3 Å². The van der Waals surface area contributed by atoms with Crippen LogP contribution < -0.4 is 5.32 Å². The van der Waals surface area contributed by atoms with Crippen molar-refractivity contribution in [1.29, 1.82) is 0 Å². The zero-order valence-electron chi connectivity index (χ0n) is 14.5. The predicted molar refractivity (Wildman–Crippen MR) is 93.2 cm³/mol. The number of aryl methyl sites for hydroxylation is 1. The fraction of sp³-hybridized carbons (Fsp3) is 0.389. The summed E-state index contributed by atoms with van der Waals surface area (Å²) in [5, 5.41) is 6.56. The second-order valence-corrected chi connectivity index (χ2v) is 6.26. The van der Waals surface area contributed by atoms with Crippen molar-refractivity contribution in [2.45, 2.75) is 20.4 Å². The molecule has 1 aliphatic heterocycles. The Morgan fingerprint density at radius 2 is 1.96 bits per heavy atom. The fourth-order valence-electron chi connectivity index (χ4n) is 2.90. The minimum absolute atomic E-state index is 0.132. The van der Waals surface area contributed by atoms with E-state index >= 15 is 0 Å². The molecule has 3 rings (SSSR count).